The second-order valence-corrected chi connectivity index (χ2v) is 2.86. The molecule has 1 rings (SSSR count). The van der Waals surface area contributed by atoms with Gasteiger partial charge in [-0.3, -0.25) is 10.1 Å². The van der Waals surface area contributed by atoms with Crippen LogP contribution >= 0.6 is 0 Å². The monoisotopic (exact) mass is 173 g/mol. The van der Waals surface area contributed by atoms with Crippen molar-refractivity contribution in [3.8, 4) is 0 Å². The minimum Gasteiger partial charge on any atom is -0.465 e. The number of carbonyl (C=O) groups is 1. The van der Waals surface area contributed by atoms with Crippen LogP contribution < -0.4 is 5.32 Å². The summed E-state index contributed by atoms with van der Waals surface area (Å²) in [5.74, 6) is -0.218. The summed E-state index contributed by atoms with van der Waals surface area (Å²) in [6.45, 7) is 5.31. The van der Waals surface area contributed by atoms with E-state index in [0.717, 1.165) is 0 Å². The fourth-order valence-corrected chi connectivity index (χ4v) is 1.08. The van der Waals surface area contributed by atoms with Crippen molar-refractivity contribution in [2.45, 2.75) is 26.0 Å². The normalized spacial score (nSPS) is 29.8. The van der Waals surface area contributed by atoms with E-state index in [1.807, 2.05) is 6.92 Å². The number of hydrogen-bond donors (Lipinski definition) is 1. The van der Waals surface area contributed by atoms with Crippen molar-refractivity contribution < 1.29 is 14.3 Å². The molecule has 0 bridgehead atoms. The summed E-state index contributed by atoms with van der Waals surface area (Å²) in [5, 5.41) is 3.05. The van der Waals surface area contributed by atoms with E-state index < -0.39 is 0 Å². The van der Waals surface area contributed by atoms with E-state index >= 15 is 0 Å². The Bertz CT molecular complexity index is 152. The molecule has 0 spiro atoms. The average Bonchev–Trinajstić information content (AvgIpc) is 2.06. The molecule has 1 fully saturated rings. The van der Waals surface area contributed by atoms with E-state index in [1.54, 1.807) is 6.92 Å². The molecule has 1 saturated heterocycles. The molecule has 0 saturated carbocycles. The van der Waals surface area contributed by atoms with Crippen LogP contribution in [0.3, 0.4) is 0 Å². The molecule has 0 unspecified atom stereocenters. The van der Waals surface area contributed by atoms with Crippen molar-refractivity contribution >= 4 is 5.97 Å². The summed E-state index contributed by atoms with van der Waals surface area (Å²) >= 11 is 0. The molecule has 0 radical (unpaired) electrons. The van der Waals surface area contributed by atoms with E-state index in [1.165, 1.54) is 0 Å². The lowest BCUT2D eigenvalue weighted by Crippen LogP contribution is -2.50. The average molecular weight is 173 g/mol. The Balaban J connectivity index is 2.29. The van der Waals surface area contributed by atoms with Gasteiger partial charge in [-0.2, -0.15) is 0 Å². The Morgan fingerprint density at radius 2 is 2.50 bits per heavy atom. The smallest absolute Gasteiger partial charge is 0.325 e. The third-order valence-electron chi connectivity index (χ3n) is 1.77. The zero-order valence-electron chi connectivity index (χ0n) is 7.50. The van der Waals surface area contributed by atoms with Crippen LogP contribution in [-0.2, 0) is 14.3 Å². The van der Waals surface area contributed by atoms with Gasteiger partial charge in [-0.15, -0.1) is 0 Å². The Labute approximate surface area is 72.2 Å². The molecule has 12 heavy (non-hydrogen) atoms. The van der Waals surface area contributed by atoms with Crippen LogP contribution in [-0.4, -0.2) is 37.9 Å². The molecular weight excluding hydrogens is 158 g/mol. The van der Waals surface area contributed by atoms with Crippen LogP contribution in [0.25, 0.3) is 0 Å². The fourth-order valence-electron chi connectivity index (χ4n) is 1.08. The van der Waals surface area contributed by atoms with Crippen LogP contribution in [0.1, 0.15) is 13.8 Å². The van der Waals surface area contributed by atoms with Gasteiger partial charge in [0.05, 0.1) is 19.3 Å². The highest BCUT2D eigenvalue weighted by Gasteiger charge is 2.24. The Morgan fingerprint density at radius 1 is 1.75 bits per heavy atom. The zero-order valence-corrected chi connectivity index (χ0v) is 7.50. The maximum Gasteiger partial charge on any atom is 0.325 e. The third-order valence-corrected chi connectivity index (χ3v) is 1.77. The van der Waals surface area contributed by atoms with Gasteiger partial charge in [-0.1, -0.05) is 0 Å². The predicted octanol–water partition coefficient (Wildman–Crippen LogP) is -0.0736. The fraction of sp³-hybridized carbons (Fsp3) is 0.875. The molecule has 4 nitrogen and oxygen atoms in total. The van der Waals surface area contributed by atoms with Crippen LogP contribution in [0.5, 0.6) is 0 Å². The quantitative estimate of drug-likeness (QED) is 0.594. The second kappa shape index (κ2) is 4.42. The Kier molecular flexibility index (Phi) is 3.49. The van der Waals surface area contributed by atoms with Gasteiger partial charge >= 0.3 is 5.97 Å². The van der Waals surface area contributed by atoms with Gasteiger partial charge in [0.1, 0.15) is 6.04 Å². The van der Waals surface area contributed by atoms with E-state index in [4.69, 9.17) is 9.47 Å². The van der Waals surface area contributed by atoms with E-state index in [9.17, 15) is 4.79 Å². The number of nitrogens with one attached hydrogen (secondary N) is 1. The molecular formula is C8H15NO3. The van der Waals surface area contributed by atoms with Crippen molar-refractivity contribution in [3.63, 3.8) is 0 Å². The number of hydrogen-bond acceptors (Lipinski definition) is 4. The van der Waals surface area contributed by atoms with Crippen LogP contribution in [0, 0.1) is 0 Å². The van der Waals surface area contributed by atoms with Crippen LogP contribution in [0.2, 0.25) is 0 Å². The molecule has 2 atom stereocenters. The molecule has 0 aromatic carbocycles. The first-order valence-electron chi connectivity index (χ1n) is 4.25. The molecule has 0 amide bonds. The van der Waals surface area contributed by atoms with Crippen molar-refractivity contribution in [2.24, 2.45) is 0 Å². The largest absolute Gasteiger partial charge is 0.465 e. The van der Waals surface area contributed by atoms with E-state index in [-0.39, 0.29) is 18.1 Å². The highest BCUT2D eigenvalue weighted by molar-refractivity contribution is 5.76. The SMILES string of the molecule is CCOC(=O)[C@H]1CO[C@@H](C)CN1. The van der Waals surface area contributed by atoms with Crippen LogP contribution in [0.4, 0.5) is 0 Å². The van der Waals surface area contributed by atoms with Crippen molar-refractivity contribution in [3.05, 3.63) is 0 Å². The minimum atomic E-state index is -0.277. The zero-order chi connectivity index (χ0) is 8.97. The summed E-state index contributed by atoms with van der Waals surface area (Å²) < 4.78 is 10.1. The molecule has 1 heterocycles. The van der Waals surface area contributed by atoms with Crippen molar-refractivity contribution in [1.82, 2.24) is 5.32 Å². The molecule has 1 aliphatic rings. The Hall–Kier alpha value is -0.610. The first-order chi connectivity index (χ1) is 5.74. The van der Waals surface area contributed by atoms with Gasteiger partial charge in [-0.25, -0.2) is 0 Å². The van der Waals surface area contributed by atoms with Gasteiger partial charge in [0.25, 0.3) is 0 Å². The lowest BCUT2D eigenvalue weighted by molar-refractivity contribution is -0.149. The lowest BCUT2D eigenvalue weighted by Gasteiger charge is -2.26. The topological polar surface area (TPSA) is 47.6 Å². The van der Waals surface area contributed by atoms with Gasteiger partial charge in [0.2, 0.25) is 0 Å². The molecule has 70 valence electrons. The predicted molar refractivity (Wildman–Crippen MR) is 43.8 cm³/mol. The Morgan fingerprint density at radius 3 is 3.00 bits per heavy atom. The molecule has 0 aromatic rings. The summed E-state index contributed by atoms with van der Waals surface area (Å²) in [6, 6.07) is -0.277. The molecule has 1 aliphatic heterocycles. The highest BCUT2D eigenvalue weighted by atomic mass is 16.5. The summed E-state index contributed by atoms with van der Waals surface area (Å²) in [6.07, 6.45) is 0.190. The van der Waals surface area contributed by atoms with Gasteiger partial charge in [-0.05, 0) is 13.8 Å². The first kappa shape index (κ1) is 9.48. The summed E-state index contributed by atoms with van der Waals surface area (Å²) in [7, 11) is 0. The number of ether oxygens (including phenoxy) is 2. The van der Waals surface area contributed by atoms with E-state index in [0.29, 0.717) is 19.8 Å². The maximum atomic E-state index is 11.1. The first-order valence-corrected chi connectivity index (χ1v) is 4.25. The number of rotatable bonds is 2. The number of esters is 1. The van der Waals surface area contributed by atoms with E-state index in [2.05, 4.69) is 5.32 Å². The summed E-state index contributed by atoms with van der Waals surface area (Å²) in [5.41, 5.74) is 0. The van der Waals surface area contributed by atoms with Gasteiger partial charge in [0, 0.05) is 6.54 Å². The molecule has 1 N–H and O–H groups in total. The molecule has 0 aromatic heterocycles. The van der Waals surface area contributed by atoms with Crippen LogP contribution in [0.15, 0.2) is 0 Å². The highest BCUT2D eigenvalue weighted by Crippen LogP contribution is 2.01. The number of morpholine rings is 1. The lowest BCUT2D eigenvalue weighted by atomic mass is 10.2. The third kappa shape index (κ3) is 2.46. The van der Waals surface area contributed by atoms with Crippen molar-refractivity contribution in [2.75, 3.05) is 19.8 Å². The van der Waals surface area contributed by atoms with Gasteiger partial charge < -0.3 is 9.47 Å². The van der Waals surface area contributed by atoms with Gasteiger partial charge in [0.15, 0.2) is 0 Å². The molecule has 0 aliphatic carbocycles. The maximum absolute atomic E-state index is 11.1. The van der Waals surface area contributed by atoms with Crippen molar-refractivity contribution in [1.29, 1.82) is 0 Å². The molecule has 4 heteroatoms. The number of carbonyl (C=O) groups excluding carboxylic acids is 1. The summed E-state index contributed by atoms with van der Waals surface area (Å²) in [4.78, 5) is 11.1. The standard InChI is InChI=1S/C8H15NO3/c1-3-11-8(10)7-5-12-6(2)4-9-7/h6-7,9H,3-5H2,1-2H3/t6-,7+/m0/s1. The minimum absolute atomic E-state index is 0.190. The second-order valence-electron chi connectivity index (χ2n) is 2.86.